The number of aromatic nitrogens is 2. The third-order valence-corrected chi connectivity index (χ3v) is 5.69. The second-order valence-corrected chi connectivity index (χ2v) is 7.45. The maximum atomic E-state index is 13.4. The SMILES string of the molecule is O=C1NC2(CCNc3ccccc32)C(=O)N1Cc1cncn1Cc1ccccc1. The minimum absolute atomic E-state index is 0.189. The summed E-state index contributed by atoms with van der Waals surface area (Å²) in [6, 6.07) is 17.3. The van der Waals surface area contributed by atoms with Gasteiger partial charge in [-0.3, -0.25) is 9.69 Å². The average Bonchev–Trinajstić information content (AvgIpc) is 3.27. The lowest BCUT2D eigenvalue weighted by Gasteiger charge is -2.33. The molecule has 29 heavy (non-hydrogen) atoms. The van der Waals surface area contributed by atoms with Crippen molar-refractivity contribution in [1.82, 2.24) is 19.8 Å². The van der Waals surface area contributed by atoms with Gasteiger partial charge >= 0.3 is 6.03 Å². The molecule has 1 atom stereocenters. The number of imide groups is 1. The van der Waals surface area contributed by atoms with Gasteiger partial charge in [-0.15, -0.1) is 0 Å². The molecule has 3 heterocycles. The molecule has 2 aliphatic heterocycles. The molecule has 2 aliphatic rings. The number of hydrogen-bond acceptors (Lipinski definition) is 4. The second-order valence-electron chi connectivity index (χ2n) is 7.45. The number of carbonyl (C=O) groups is 2. The highest BCUT2D eigenvalue weighted by Crippen LogP contribution is 2.39. The van der Waals surface area contributed by atoms with E-state index in [2.05, 4.69) is 15.6 Å². The third-order valence-electron chi connectivity index (χ3n) is 5.69. The van der Waals surface area contributed by atoms with E-state index in [1.54, 1.807) is 12.5 Å². The Balaban J connectivity index is 1.43. The number of imidazole rings is 1. The maximum Gasteiger partial charge on any atom is 0.325 e. The van der Waals surface area contributed by atoms with Gasteiger partial charge < -0.3 is 15.2 Å². The van der Waals surface area contributed by atoms with Gasteiger partial charge in [0.25, 0.3) is 5.91 Å². The van der Waals surface area contributed by atoms with Gasteiger partial charge in [-0.1, -0.05) is 48.5 Å². The first-order valence-electron chi connectivity index (χ1n) is 9.68. The Labute approximate surface area is 168 Å². The standard InChI is InChI=1S/C22H21N5O2/c28-20-22(10-11-24-19-9-5-4-8-18(19)22)25-21(29)27(20)14-17-12-23-15-26(17)13-16-6-2-1-3-7-16/h1-9,12,15,24H,10-11,13-14H2,(H,25,29). The largest absolute Gasteiger partial charge is 0.385 e. The van der Waals surface area contributed by atoms with Gasteiger partial charge in [0.05, 0.1) is 18.6 Å². The summed E-state index contributed by atoms with van der Waals surface area (Å²) < 4.78 is 1.97. The summed E-state index contributed by atoms with van der Waals surface area (Å²) in [5.41, 5.74) is 2.67. The quantitative estimate of drug-likeness (QED) is 0.675. The van der Waals surface area contributed by atoms with Crippen LogP contribution in [0.25, 0.3) is 0 Å². The molecule has 0 aliphatic carbocycles. The zero-order valence-corrected chi connectivity index (χ0v) is 15.8. The summed E-state index contributed by atoms with van der Waals surface area (Å²) in [4.78, 5) is 31.8. The molecule has 2 aromatic carbocycles. The molecule has 146 valence electrons. The van der Waals surface area contributed by atoms with Gasteiger partial charge in [-0.2, -0.15) is 0 Å². The van der Waals surface area contributed by atoms with Crippen molar-refractivity contribution in [3.05, 3.63) is 83.9 Å². The number of carbonyl (C=O) groups excluding carboxylic acids is 2. The lowest BCUT2D eigenvalue weighted by Crippen LogP contribution is -2.48. The van der Waals surface area contributed by atoms with E-state index >= 15 is 0 Å². The summed E-state index contributed by atoms with van der Waals surface area (Å²) in [5, 5.41) is 6.28. The van der Waals surface area contributed by atoms with Crippen molar-refractivity contribution in [3.63, 3.8) is 0 Å². The van der Waals surface area contributed by atoms with E-state index in [9.17, 15) is 9.59 Å². The van der Waals surface area contributed by atoms with Crippen LogP contribution in [-0.2, 0) is 23.4 Å². The predicted molar refractivity (Wildman–Crippen MR) is 108 cm³/mol. The summed E-state index contributed by atoms with van der Waals surface area (Å²) in [6.07, 6.45) is 3.97. The molecule has 0 radical (unpaired) electrons. The molecule has 0 bridgehead atoms. The number of benzene rings is 2. The molecule has 3 amide bonds. The van der Waals surface area contributed by atoms with Crippen LogP contribution in [0.4, 0.5) is 10.5 Å². The molecule has 1 spiro atoms. The van der Waals surface area contributed by atoms with E-state index in [-0.39, 0.29) is 18.5 Å². The number of anilines is 1. The van der Waals surface area contributed by atoms with Crippen LogP contribution in [0.3, 0.4) is 0 Å². The van der Waals surface area contributed by atoms with Gasteiger partial charge in [0.1, 0.15) is 0 Å². The smallest absolute Gasteiger partial charge is 0.325 e. The van der Waals surface area contributed by atoms with Crippen molar-refractivity contribution in [3.8, 4) is 0 Å². The Kier molecular flexibility index (Phi) is 4.08. The number of nitrogens with one attached hydrogen (secondary N) is 2. The Morgan fingerprint density at radius 2 is 1.79 bits per heavy atom. The summed E-state index contributed by atoms with van der Waals surface area (Å²) in [7, 11) is 0. The van der Waals surface area contributed by atoms with Gasteiger partial charge in [0, 0.05) is 37.0 Å². The van der Waals surface area contributed by atoms with Gasteiger partial charge in [-0.05, 0) is 11.6 Å². The van der Waals surface area contributed by atoms with Crippen molar-refractivity contribution < 1.29 is 9.59 Å². The molecule has 1 aromatic heterocycles. The first-order chi connectivity index (χ1) is 14.2. The number of urea groups is 1. The third kappa shape index (κ3) is 2.86. The monoisotopic (exact) mass is 387 g/mol. The van der Waals surface area contributed by atoms with Crippen molar-refractivity contribution in [2.24, 2.45) is 0 Å². The van der Waals surface area contributed by atoms with Gasteiger partial charge in [-0.25, -0.2) is 9.78 Å². The van der Waals surface area contributed by atoms with Crippen LogP contribution < -0.4 is 10.6 Å². The molecule has 7 nitrogen and oxygen atoms in total. The number of hydrogen-bond donors (Lipinski definition) is 2. The number of nitrogens with zero attached hydrogens (tertiary/aromatic N) is 3. The first-order valence-corrected chi connectivity index (χ1v) is 9.68. The van der Waals surface area contributed by atoms with E-state index < -0.39 is 5.54 Å². The summed E-state index contributed by atoms with van der Waals surface area (Å²) in [6.45, 7) is 1.45. The van der Waals surface area contributed by atoms with Crippen LogP contribution in [0.15, 0.2) is 67.1 Å². The fourth-order valence-electron chi connectivity index (χ4n) is 4.21. The summed E-state index contributed by atoms with van der Waals surface area (Å²) >= 11 is 0. The van der Waals surface area contributed by atoms with Crippen LogP contribution in [0, 0.1) is 0 Å². The van der Waals surface area contributed by atoms with Crippen LogP contribution >= 0.6 is 0 Å². The molecule has 1 unspecified atom stereocenters. The van der Waals surface area contributed by atoms with E-state index in [4.69, 9.17) is 0 Å². The van der Waals surface area contributed by atoms with Gasteiger partial charge in [0.15, 0.2) is 5.54 Å². The molecule has 7 heteroatoms. The number of amides is 3. The highest BCUT2D eigenvalue weighted by Gasteiger charge is 2.54. The highest BCUT2D eigenvalue weighted by molar-refractivity contribution is 6.08. The molecule has 5 rings (SSSR count). The van der Waals surface area contributed by atoms with Crippen molar-refractivity contribution in [2.45, 2.75) is 25.0 Å². The number of rotatable bonds is 4. The fraction of sp³-hybridized carbons (Fsp3) is 0.227. The molecule has 1 fully saturated rings. The summed E-state index contributed by atoms with van der Waals surface area (Å²) in [5.74, 6) is -0.205. The van der Waals surface area contributed by atoms with Crippen molar-refractivity contribution in [2.75, 3.05) is 11.9 Å². The molecule has 2 N–H and O–H groups in total. The van der Waals surface area contributed by atoms with Crippen molar-refractivity contribution in [1.29, 1.82) is 0 Å². The predicted octanol–water partition coefficient (Wildman–Crippen LogP) is 2.69. The van der Waals surface area contributed by atoms with E-state index in [0.717, 1.165) is 22.5 Å². The molecule has 3 aromatic rings. The fourth-order valence-corrected chi connectivity index (χ4v) is 4.21. The Morgan fingerprint density at radius 1 is 1.00 bits per heavy atom. The minimum atomic E-state index is -0.997. The second kappa shape index (κ2) is 6.77. The van der Waals surface area contributed by atoms with E-state index in [1.165, 1.54) is 4.90 Å². The molecular formula is C22H21N5O2. The average molecular weight is 387 g/mol. The lowest BCUT2D eigenvalue weighted by atomic mass is 9.83. The van der Waals surface area contributed by atoms with Crippen LogP contribution in [-0.4, -0.2) is 32.9 Å². The zero-order chi connectivity index (χ0) is 19.8. The topological polar surface area (TPSA) is 79.3 Å². The molecule has 1 saturated heterocycles. The number of para-hydroxylation sites is 1. The van der Waals surface area contributed by atoms with E-state index in [0.29, 0.717) is 19.5 Å². The first kappa shape index (κ1) is 17.5. The minimum Gasteiger partial charge on any atom is -0.385 e. The highest BCUT2D eigenvalue weighted by atomic mass is 16.2. The van der Waals surface area contributed by atoms with Crippen LogP contribution in [0.2, 0.25) is 0 Å². The lowest BCUT2D eigenvalue weighted by molar-refractivity contribution is -0.132. The normalized spacial score (nSPS) is 20.5. The Bertz CT molecular complexity index is 1080. The van der Waals surface area contributed by atoms with E-state index in [1.807, 2.05) is 59.2 Å². The van der Waals surface area contributed by atoms with Crippen molar-refractivity contribution >= 4 is 17.6 Å². The van der Waals surface area contributed by atoms with Gasteiger partial charge in [0.2, 0.25) is 0 Å². The Morgan fingerprint density at radius 3 is 2.66 bits per heavy atom. The molecular weight excluding hydrogens is 366 g/mol. The molecule has 0 saturated carbocycles. The van der Waals surface area contributed by atoms with Crippen LogP contribution in [0.1, 0.15) is 23.2 Å². The maximum absolute atomic E-state index is 13.4. The zero-order valence-electron chi connectivity index (χ0n) is 15.8. The number of fused-ring (bicyclic) bond motifs is 2. The van der Waals surface area contributed by atoms with Crippen LogP contribution in [0.5, 0.6) is 0 Å². The Hall–Kier alpha value is -3.61.